The largest absolute Gasteiger partial charge is 0.494 e. The Bertz CT molecular complexity index is 1320. The smallest absolute Gasteiger partial charge is 0.265 e. The number of likely N-dealkylation sites (tertiary alicyclic amines) is 1. The summed E-state index contributed by atoms with van der Waals surface area (Å²) in [5, 5.41) is 9.37. The van der Waals surface area contributed by atoms with Crippen molar-refractivity contribution in [1.82, 2.24) is 15.4 Å². The minimum absolute atomic E-state index is 0.0209. The predicted octanol–water partition coefficient (Wildman–Crippen LogP) is 3.52. The van der Waals surface area contributed by atoms with Crippen LogP contribution in [0.15, 0.2) is 78.0 Å². The van der Waals surface area contributed by atoms with Crippen LogP contribution in [0.5, 0.6) is 5.75 Å². The molecule has 1 aromatic heterocycles. The number of rotatable bonds is 12. The van der Waals surface area contributed by atoms with Crippen LogP contribution in [0.4, 0.5) is 0 Å². The molecule has 0 aliphatic carbocycles. The van der Waals surface area contributed by atoms with Crippen LogP contribution in [0.2, 0.25) is 0 Å². The molecule has 39 heavy (non-hydrogen) atoms. The molecule has 3 aromatic rings. The van der Waals surface area contributed by atoms with E-state index in [0.717, 1.165) is 29.5 Å². The number of hydrogen-bond donors (Lipinski definition) is 2. The molecule has 0 saturated carbocycles. The minimum Gasteiger partial charge on any atom is -0.494 e. The number of piperidine rings is 1. The predicted molar refractivity (Wildman–Crippen MR) is 147 cm³/mol. The zero-order chi connectivity index (χ0) is 27.7. The summed E-state index contributed by atoms with van der Waals surface area (Å²) in [6, 6.07) is 18.3. The summed E-state index contributed by atoms with van der Waals surface area (Å²) in [4.78, 5) is 19.1. The van der Waals surface area contributed by atoms with Crippen molar-refractivity contribution in [2.75, 3.05) is 40.0 Å². The van der Waals surface area contributed by atoms with Crippen LogP contribution in [0.3, 0.4) is 0 Å². The first-order valence-electron chi connectivity index (χ1n) is 13.0. The summed E-state index contributed by atoms with van der Waals surface area (Å²) < 4.78 is 36.5. The average molecular weight is 554 g/mol. The topological polar surface area (TPSA) is 118 Å². The number of benzene rings is 2. The third-order valence-electron chi connectivity index (χ3n) is 7.22. The van der Waals surface area contributed by atoms with E-state index in [0.29, 0.717) is 38.6 Å². The summed E-state index contributed by atoms with van der Waals surface area (Å²) in [7, 11) is -2.47. The molecule has 208 valence electrons. The Morgan fingerprint density at radius 2 is 1.74 bits per heavy atom. The van der Waals surface area contributed by atoms with E-state index >= 15 is 0 Å². The molecule has 0 spiro atoms. The zero-order valence-electron chi connectivity index (χ0n) is 22.1. The Kier molecular flexibility index (Phi) is 9.68. The van der Waals surface area contributed by atoms with Crippen molar-refractivity contribution in [1.29, 1.82) is 0 Å². The van der Waals surface area contributed by atoms with Crippen LogP contribution < -0.4 is 10.2 Å². The lowest BCUT2D eigenvalue weighted by Crippen LogP contribution is -2.57. The fourth-order valence-corrected chi connectivity index (χ4v) is 6.85. The summed E-state index contributed by atoms with van der Waals surface area (Å²) in [6.45, 7) is 2.43. The summed E-state index contributed by atoms with van der Waals surface area (Å²) in [5.74, 6) is -0.361. The number of nitrogens with one attached hydrogen (secondary N) is 1. The Labute approximate surface area is 229 Å². The Morgan fingerprint density at radius 1 is 1.03 bits per heavy atom. The normalized spacial score (nSPS) is 15.5. The maximum Gasteiger partial charge on any atom is 0.265 e. The molecule has 4 rings (SSSR count). The zero-order valence-corrected chi connectivity index (χ0v) is 22.9. The molecule has 1 saturated heterocycles. The van der Waals surface area contributed by atoms with Crippen LogP contribution in [-0.4, -0.2) is 74.1 Å². The molecule has 10 heteroatoms. The highest BCUT2D eigenvalue weighted by Gasteiger charge is 2.52. The van der Waals surface area contributed by atoms with E-state index in [1.807, 2.05) is 35.5 Å². The third-order valence-corrected chi connectivity index (χ3v) is 9.73. The van der Waals surface area contributed by atoms with Crippen molar-refractivity contribution in [2.45, 2.75) is 35.3 Å². The fraction of sp³-hybridized carbons (Fsp3) is 0.379. The van der Waals surface area contributed by atoms with Gasteiger partial charge in [0.15, 0.2) is 14.6 Å². The highest BCUT2D eigenvalue weighted by molar-refractivity contribution is 7.93. The Balaban J connectivity index is 1.35. The van der Waals surface area contributed by atoms with Crippen LogP contribution in [0.1, 0.15) is 24.8 Å². The molecule has 9 nitrogen and oxygen atoms in total. The fourth-order valence-electron chi connectivity index (χ4n) is 4.90. The van der Waals surface area contributed by atoms with Gasteiger partial charge in [0.25, 0.3) is 5.91 Å². The van der Waals surface area contributed by atoms with E-state index in [1.54, 1.807) is 24.7 Å². The van der Waals surface area contributed by atoms with Gasteiger partial charge in [-0.15, -0.1) is 0 Å². The van der Waals surface area contributed by atoms with E-state index in [2.05, 4.69) is 23.2 Å². The lowest BCUT2D eigenvalue weighted by atomic mass is 9.95. The number of ether oxygens (including phenoxy) is 2. The second kappa shape index (κ2) is 13.2. The summed E-state index contributed by atoms with van der Waals surface area (Å²) in [6.07, 6.45) is 5.41. The number of sulfone groups is 1. The van der Waals surface area contributed by atoms with Crippen LogP contribution in [0.25, 0.3) is 11.1 Å². The summed E-state index contributed by atoms with van der Waals surface area (Å²) in [5.41, 5.74) is 4.89. The lowest BCUT2D eigenvalue weighted by molar-refractivity contribution is -0.133. The number of hydrogen-bond acceptors (Lipinski definition) is 8. The monoisotopic (exact) mass is 553 g/mol. The van der Waals surface area contributed by atoms with Gasteiger partial charge in [0.1, 0.15) is 5.75 Å². The number of nitrogens with zero attached hydrogens (tertiary/aromatic N) is 2. The molecule has 1 amide bonds. The standard InChI is InChI=1S/C29H35N3O6S/c1-37-19-17-32-15-13-29(14-16-32,28(33)31-34)39(35,36)27-11-9-26(10-12-27)38-18-5-6-23-20-25(22-30-21-23)24-7-3-2-4-8-24/h2-4,7-12,20-22,34H,5-6,13-19H2,1H3,(H,31,33). The molecule has 0 unspecified atom stereocenters. The van der Waals surface area contributed by atoms with Gasteiger partial charge in [0.2, 0.25) is 0 Å². The van der Waals surface area contributed by atoms with Gasteiger partial charge in [-0.3, -0.25) is 15.0 Å². The number of aromatic nitrogens is 1. The van der Waals surface area contributed by atoms with Gasteiger partial charge >= 0.3 is 0 Å². The van der Waals surface area contributed by atoms with Crippen molar-refractivity contribution >= 4 is 15.7 Å². The third kappa shape index (κ3) is 6.65. The first-order valence-corrected chi connectivity index (χ1v) is 14.5. The van der Waals surface area contributed by atoms with Gasteiger partial charge in [0.05, 0.1) is 18.1 Å². The van der Waals surface area contributed by atoms with Crippen LogP contribution in [-0.2, 0) is 25.8 Å². The molecular weight excluding hydrogens is 518 g/mol. The van der Waals surface area contributed by atoms with Crippen LogP contribution >= 0.6 is 0 Å². The first-order chi connectivity index (χ1) is 18.9. The quantitative estimate of drug-likeness (QED) is 0.199. The molecule has 1 aliphatic rings. The molecule has 0 bridgehead atoms. The number of pyridine rings is 1. The first kappa shape index (κ1) is 28.7. The number of methoxy groups -OCH3 is 1. The van der Waals surface area contributed by atoms with E-state index in [4.69, 9.17) is 9.47 Å². The van der Waals surface area contributed by atoms with E-state index < -0.39 is 20.5 Å². The maximum atomic E-state index is 13.6. The van der Waals surface area contributed by atoms with Gasteiger partial charge in [-0.2, -0.15) is 0 Å². The highest BCUT2D eigenvalue weighted by Crippen LogP contribution is 2.36. The molecule has 2 N–H and O–H groups in total. The molecule has 0 radical (unpaired) electrons. The minimum atomic E-state index is -4.08. The van der Waals surface area contributed by atoms with Gasteiger partial charge in [-0.05, 0) is 67.1 Å². The molecule has 1 aliphatic heterocycles. The van der Waals surface area contributed by atoms with Gasteiger partial charge in [0, 0.05) is 44.7 Å². The maximum absolute atomic E-state index is 13.6. The second-order valence-electron chi connectivity index (χ2n) is 9.64. The number of aryl methyl sites for hydroxylation is 1. The van der Waals surface area contributed by atoms with Crippen molar-refractivity contribution in [3.05, 3.63) is 78.6 Å². The second-order valence-corrected chi connectivity index (χ2v) is 11.9. The molecule has 0 atom stereocenters. The van der Waals surface area contributed by atoms with Crippen molar-refractivity contribution in [3.63, 3.8) is 0 Å². The molecule has 2 heterocycles. The van der Waals surface area contributed by atoms with Gasteiger partial charge in [-0.25, -0.2) is 13.9 Å². The highest BCUT2D eigenvalue weighted by atomic mass is 32.2. The van der Waals surface area contributed by atoms with Crippen molar-refractivity contribution < 1.29 is 27.9 Å². The molecular formula is C29H35N3O6S. The van der Waals surface area contributed by atoms with E-state index in [-0.39, 0.29) is 17.7 Å². The number of carbonyl (C=O) groups excluding carboxylic acids is 1. The van der Waals surface area contributed by atoms with Gasteiger partial charge in [-0.1, -0.05) is 30.3 Å². The Morgan fingerprint density at radius 3 is 2.41 bits per heavy atom. The number of hydroxylamine groups is 1. The number of carbonyl (C=O) groups is 1. The number of amides is 1. The lowest BCUT2D eigenvalue weighted by Gasteiger charge is -2.39. The Hall–Kier alpha value is -3.31. The van der Waals surface area contributed by atoms with Gasteiger partial charge < -0.3 is 14.4 Å². The average Bonchev–Trinajstić information content (AvgIpc) is 2.99. The summed E-state index contributed by atoms with van der Waals surface area (Å²) >= 11 is 0. The SMILES string of the molecule is COCCN1CCC(C(=O)NO)(S(=O)(=O)c2ccc(OCCCc3cncc(-c4ccccc4)c3)cc2)CC1. The van der Waals surface area contributed by atoms with Crippen LogP contribution in [0, 0.1) is 0 Å². The van der Waals surface area contributed by atoms with Crippen molar-refractivity contribution in [2.24, 2.45) is 0 Å². The van der Waals surface area contributed by atoms with E-state index in [9.17, 15) is 18.4 Å². The molecule has 1 fully saturated rings. The molecule has 2 aromatic carbocycles. The van der Waals surface area contributed by atoms with Crippen molar-refractivity contribution in [3.8, 4) is 16.9 Å². The van der Waals surface area contributed by atoms with E-state index in [1.165, 1.54) is 12.1 Å².